The molecule has 2 aromatic carbocycles. The summed E-state index contributed by atoms with van der Waals surface area (Å²) in [4.78, 5) is 0. The third-order valence-electron chi connectivity index (χ3n) is 3.70. The standard InChI is InChI=1S/C17H19N/c1-11(2)18-16-10-12(3)8-9-14(16)15-7-5-6-13(4)17(15)18/h5-11H,1-4H3. The molecule has 3 rings (SSSR count). The number of fused-ring (bicyclic) bond motifs is 3. The topological polar surface area (TPSA) is 4.93 Å². The Kier molecular flexibility index (Phi) is 2.44. The molecule has 1 heterocycles. The van der Waals surface area contributed by atoms with Gasteiger partial charge < -0.3 is 4.57 Å². The maximum Gasteiger partial charge on any atom is 0.0523 e. The van der Waals surface area contributed by atoms with Crippen molar-refractivity contribution in [2.45, 2.75) is 33.7 Å². The molecule has 0 amide bonds. The van der Waals surface area contributed by atoms with E-state index in [1.165, 1.54) is 32.9 Å². The summed E-state index contributed by atoms with van der Waals surface area (Å²) < 4.78 is 2.47. The number of aromatic nitrogens is 1. The molecule has 0 saturated heterocycles. The van der Waals surface area contributed by atoms with Crippen molar-refractivity contribution in [3.63, 3.8) is 0 Å². The Morgan fingerprint density at radius 1 is 0.944 bits per heavy atom. The van der Waals surface area contributed by atoms with E-state index >= 15 is 0 Å². The molecule has 0 bridgehead atoms. The number of rotatable bonds is 1. The van der Waals surface area contributed by atoms with Gasteiger partial charge in [0.05, 0.1) is 5.52 Å². The lowest BCUT2D eigenvalue weighted by molar-refractivity contribution is 0.641. The Morgan fingerprint density at radius 2 is 1.72 bits per heavy atom. The van der Waals surface area contributed by atoms with E-state index in [9.17, 15) is 0 Å². The summed E-state index contributed by atoms with van der Waals surface area (Å²) in [7, 11) is 0. The Morgan fingerprint density at radius 3 is 2.44 bits per heavy atom. The van der Waals surface area contributed by atoms with Crippen molar-refractivity contribution in [3.8, 4) is 0 Å². The van der Waals surface area contributed by atoms with Gasteiger partial charge in [0.25, 0.3) is 0 Å². The summed E-state index contributed by atoms with van der Waals surface area (Å²) >= 11 is 0. The highest BCUT2D eigenvalue weighted by Crippen LogP contribution is 2.33. The first kappa shape index (κ1) is 11.3. The maximum absolute atomic E-state index is 2.47. The van der Waals surface area contributed by atoms with Crippen LogP contribution in [0.4, 0.5) is 0 Å². The smallest absolute Gasteiger partial charge is 0.0523 e. The van der Waals surface area contributed by atoms with Crippen LogP contribution < -0.4 is 0 Å². The quantitative estimate of drug-likeness (QED) is 0.561. The molecule has 0 aliphatic rings. The van der Waals surface area contributed by atoms with Gasteiger partial charge in [0.2, 0.25) is 0 Å². The van der Waals surface area contributed by atoms with Crippen LogP contribution in [-0.4, -0.2) is 4.57 Å². The molecule has 0 saturated carbocycles. The number of nitrogens with zero attached hydrogens (tertiary/aromatic N) is 1. The van der Waals surface area contributed by atoms with Crippen LogP contribution in [0.1, 0.15) is 31.0 Å². The summed E-state index contributed by atoms with van der Waals surface area (Å²) in [6, 6.07) is 13.8. The summed E-state index contributed by atoms with van der Waals surface area (Å²) in [5.41, 5.74) is 5.42. The third kappa shape index (κ3) is 1.47. The van der Waals surface area contributed by atoms with Crippen molar-refractivity contribution in [3.05, 3.63) is 47.5 Å². The highest BCUT2D eigenvalue weighted by molar-refractivity contribution is 6.09. The first-order valence-corrected chi connectivity index (χ1v) is 6.59. The van der Waals surface area contributed by atoms with Crippen LogP contribution >= 0.6 is 0 Å². The highest BCUT2D eigenvalue weighted by Gasteiger charge is 2.13. The number of hydrogen-bond acceptors (Lipinski definition) is 0. The molecule has 0 aliphatic carbocycles. The Balaban J connectivity index is 2.61. The fourth-order valence-electron chi connectivity index (χ4n) is 2.92. The molecule has 1 aromatic heterocycles. The SMILES string of the molecule is Cc1ccc2c3cccc(C)c3n(C(C)C)c2c1. The zero-order valence-electron chi connectivity index (χ0n) is 11.5. The number of para-hydroxylation sites is 1. The number of benzene rings is 2. The van der Waals surface area contributed by atoms with Gasteiger partial charge in [-0.2, -0.15) is 0 Å². The molecule has 1 heteroatoms. The first-order valence-electron chi connectivity index (χ1n) is 6.59. The molecule has 0 N–H and O–H groups in total. The van der Waals surface area contributed by atoms with E-state index in [4.69, 9.17) is 0 Å². The fourth-order valence-corrected chi connectivity index (χ4v) is 2.92. The Labute approximate surface area is 108 Å². The van der Waals surface area contributed by atoms with Crippen molar-refractivity contribution >= 4 is 21.8 Å². The Hall–Kier alpha value is -1.76. The van der Waals surface area contributed by atoms with Crippen molar-refractivity contribution in [1.29, 1.82) is 0 Å². The second kappa shape index (κ2) is 3.88. The van der Waals surface area contributed by atoms with Gasteiger partial charge in [-0.25, -0.2) is 0 Å². The molecule has 92 valence electrons. The average molecular weight is 237 g/mol. The van der Waals surface area contributed by atoms with E-state index in [2.05, 4.69) is 68.7 Å². The van der Waals surface area contributed by atoms with E-state index < -0.39 is 0 Å². The van der Waals surface area contributed by atoms with Crippen LogP contribution in [0.2, 0.25) is 0 Å². The van der Waals surface area contributed by atoms with Crippen molar-refractivity contribution in [2.75, 3.05) is 0 Å². The van der Waals surface area contributed by atoms with Gasteiger partial charge in [-0.05, 0) is 44.9 Å². The van der Waals surface area contributed by atoms with Crippen LogP contribution in [0.5, 0.6) is 0 Å². The number of aryl methyl sites for hydroxylation is 2. The van der Waals surface area contributed by atoms with Crippen LogP contribution in [0.3, 0.4) is 0 Å². The van der Waals surface area contributed by atoms with Gasteiger partial charge in [-0.1, -0.05) is 30.3 Å². The predicted molar refractivity (Wildman–Crippen MR) is 79.3 cm³/mol. The van der Waals surface area contributed by atoms with Gasteiger partial charge in [-0.3, -0.25) is 0 Å². The Bertz CT molecular complexity index is 732. The third-order valence-corrected chi connectivity index (χ3v) is 3.70. The van der Waals surface area contributed by atoms with E-state index in [1.807, 2.05) is 0 Å². The molecule has 0 radical (unpaired) electrons. The van der Waals surface area contributed by atoms with Gasteiger partial charge in [-0.15, -0.1) is 0 Å². The monoisotopic (exact) mass is 237 g/mol. The highest BCUT2D eigenvalue weighted by atomic mass is 15.0. The van der Waals surface area contributed by atoms with Crippen LogP contribution in [0, 0.1) is 13.8 Å². The minimum atomic E-state index is 0.480. The average Bonchev–Trinajstić information content (AvgIpc) is 2.64. The molecule has 0 atom stereocenters. The van der Waals surface area contributed by atoms with Crippen LogP contribution in [0.25, 0.3) is 21.8 Å². The second-order valence-corrected chi connectivity index (χ2v) is 5.46. The summed E-state index contributed by atoms with van der Waals surface area (Å²) in [6.07, 6.45) is 0. The maximum atomic E-state index is 2.47. The van der Waals surface area contributed by atoms with Crippen LogP contribution in [0.15, 0.2) is 36.4 Å². The van der Waals surface area contributed by atoms with E-state index in [-0.39, 0.29) is 0 Å². The molecular formula is C17H19N. The zero-order chi connectivity index (χ0) is 12.9. The fraction of sp³-hybridized carbons (Fsp3) is 0.294. The summed E-state index contributed by atoms with van der Waals surface area (Å²) in [5, 5.41) is 2.74. The van der Waals surface area contributed by atoms with E-state index in [1.54, 1.807) is 0 Å². The molecule has 0 aliphatic heterocycles. The predicted octanol–water partition coefficient (Wildman–Crippen LogP) is 4.99. The van der Waals surface area contributed by atoms with Gasteiger partial charge in [0.1, 0.15) is 0 Å². The van der Waals surface area contributed by atoms with Gasteiger partial charge in [0, 0.05) is 22.3 Å². The molecule has 0 unspecified atom stereocenters. The largest absolute Gasteiger partial charge is 0.338 e. The molecule has 18 heavy (non-hydrogen) atoms. The second-order valence-electron chi connectivity index (χ2n) is 5.46. The summed E-state index contributed by atoms with van der Waals surface area (Å²) in [6.45, 7) is 8.88. The molecule has 0 fully saturated rings. The minimum absolute atomic E-state index is 0.480. The van der Waals surface area contributed by atoms with E-state index in [0.29, 0.717) is 6.04 Å². The zero-order valence-corrected chi connectivity index (χ0v) is 11.5. The molecule has 1 nitrogen and oxygen atoms in total. The van der Waals surface area contributed by atoms with Crippen molar-refractivity contribution < 1.29 is 0 Å². The van der Waals surface area contributed by atoms with Crippen molar-refractivity contribution in [2.24, 2.45) is 0 Å². The van der Waals surface area contributed by atoms with Crippen LogP contribution in [-0.2, 0) is 0 Å². The van der Waals surface area contributed by atoms with E-state index in [0.717, 1.165) is 0 Å². The van der Waals surface area contributed by atoms with Crippen molar-refractivity contribution in [1.82, 2.24) is 4.57 Å². The number of hydrogen-bond donors (Lipinski definition) is 0. The lowest BCUT2D eigenvalue weighted by Gasteiger charge is -2.13. The normalized spacial score (nSPS) is 11.8. The lowest BCUT2D eigenvalue weighted by Crippen LogP contribution is -2.01. The van der Waals surface area contributed by atoms with Gasteiger partial charge >= 0.3 is 0 Å². The lowest BCUT2D eigenvalue weighted by atomic mass is 10.1. The first-order chi connectivity index (χ1) is 8.59. The minimum Gasteiger partial charge on any atom is -0.338 e. The van der Waals surface area contributed by atoms with Gasteiger partial charge in [0.15, 0.2) is 0 Å². The summed E-state index contributed by atoms with van der Waals surface area (Å²) in [5.74, 6) is 0. The molecule has 0 spiro atoms. The molecular weight excluding hydrogens is 218 g/mol. The molecule has 3 aromatic rings.